The fraction of sp³-hybridized carbons (Fsp3) is 0.533. The molecule has 2 atom stereocenters. The van der Waals surface area contributed by atoms with Gasteiger partial charge in [-0.15, -0.1) is 0 Å². The van der Waals surface area contributed by atoms with Crippen molar-refractivity contribution in [3.63, 3.8) is 0 Å². The van der Waals surface area contributed by atoms with Gasteiger partial charge in [-0.3, -0.25) is 0 Å². The molecule has 19 heavy (non-hydrogen) atoms. The highest BCUT2D eigenvalue weighted by Crippen LogP contribution is 2.34. The van der Waals surface area contributed by atoms with E-state index < -0.39 is 0 Å². The third kappa shape index (κ3) is 2.26. The first-order valence-corrected chi connectivity index (χ1v) is 6.97. The molecule has 0 bridgehead atoms. The van der Waals surface area contributed by atoms with Gasteiger partial charge in [-0.05, 0) is 31.0 Å². The monoisotopic (exact) mass is 257 g/mol. The largest absolute Gasteiger partial charge is 0.399 e. The summed E-state index contributed by atoms with van der Waals surface area (Å²) in [4.78, 5) is 2.35. The van der Waals surface area contributed by atoms with Crippen LogP contribution in [0, 0.1) is 11.3 Å². The SMILES string of the molecule is N#Cc1cc(N)ccc1N1CCOC2CCCCC21. The summed E-state index contributed by atoms with van der Waals surface area (Å²) in [7, 11) is 0. The first kappa shape index (κ1) is 12.3. The number of rotatable bonds is 1. The first-order valence-electron chi connectivity index (χ1n) is 6.97. The van der Waals surface area contributed by atoms with Crippen LogP contribution in [0.4, 0.5) is 11.4 Å². The molecule has 100 valence electrons. The summed E-state index contributed by atoms with van der Waals surface area (Å²) in [5, 5.41) is 9.31. The second kappa shape index (κ2) is 5.10. The van der Waals surface area contributed by atoms with Crippen LogP contribution in [-0.4, -0.2) is 25.3 Å². The van der Waals surface area contributed by atoms with Crippen molar-refractivity contribution in [3.05, 3.63) is 23.8 Å². The Morgan fingerprint density at radius 2 is 2.16 bits per heavy atom. The van der Waals surface area contributed by atoms with Crippen LogP contribution in [0.2, 0.25) is 0 Å². The summed E-state index contributed by atoms with van der Waals surface area (Å²) in [5.41, 5.74) is 8.10. The molecule has 2 aliphatic rings. The van der Waals surface area contributed by atoms with Crippen molar-refractivity contribution in [2.45, 2.75) is 37.8 Å². The number of nitrogens with zero attached hydrogens (tertiary/aromatic N) is 2. The lowest BCUT2D eigenvalue weighted by atomic mass is 9.89. The maximum atomic E-state index is 9.31. The van der Waals surface area contributed by atoms with Crippen molar-refractivity contribution in [3.8, 4) is 6.07 Å². The number of nitriles is 1. The lowest BCUT2D eigenvalue weighted by molar-refractivity contribution is -0.00869. The predicted octanol–water partition coefficient (Wildman–Crippen LogP) is 2.29. The lowest BCUT2D eigenvalue weighted by Gasteiger charge is -2.45. The van der Waals surface area contributed by atoms with Crippen molar-refractivity contribution in [2.24, 2.45) is 0 Å². The van der Waals surface area contributed by atoms with Gasteiger partial charge < -0.3 is 15.4 Å². The Morgan fingerprint density at radius 3 is 3.00 bits per heavy atom. The minimum absolute atomic E-state index is 0.326. The van der Waals surface area contributed by atoms with Crippen molar-refractivity contribution in [1.82, 2.24) is 0 Å². The maximum absolute atomic E-state index is 9.31. The minimum Gasteiger partial charge on any atom is -0.399 e. The van der Waals surface area contributed by atoms with Gasteiger partial charge in [0.05, 0.1) is 30.0 Å². The first-order chi connectivity index (χ1) is 9.29. The summed E-state index contributed by atoms with van der Waals surface area (Å²) in [5.74, 6) is 0. The molecule has 0 radical (unpaired) electrons. The molecule has 1 saturated carbocycles. The van der Waals surface area contributed by atoms with E-state index in [0.717, 1.165) is 31.7 Å². The van der Waals surface area contributed by atoms with Gasteiger partial charge in [0.2, 0.25) is 0 Å². The Labute approximate surface area is 113 Å². The Morgan fingerprint density at radius 1 is 1.32 bits per heavy atom. The molecule has 1 saturated heterocycles. The summed E-state index contributed by atoms with van der Waals surface area (Å²) < 4.78 is 5.88. The normalized spacial score (nSPS) is 26.6. The molecule has 0 amide bonds. The van der Waals surface area contributed by atoms with Gasteiger partial charge in [-0.25, -0.2) is 0 Å². The molecule has 3 rings (SSSR count). The highest BCUT2D eigenvalue weighted by atomic mass is 16.5. The number of fused-ring (bicyclic) bond motifs is 1. The summed E-state index contributed by atoms with van der Waals surface area (Å²) in [6.07, 6.45) is 5.11. The number of ether oxygens (including phenoxy) is 1. The van der Waals surface area contributed by atoms with Crippen LogP contribution in [0.15, 0.2) is 18.2 Å². The minimum atomic E-state index is 0.326. The zero-order valence-corrected chi connectivity index (χ0v) is 11.0. The number of nitrogen functional groups attached to an aromatic ring is 1. The highest BCUT2D eigenvalue weighted by molar-refractivity contribution is 5.65. The number of hydrogen-bond donors (Lipinski definition) is 1. The van der Waals surface area contributed by atoms with E-state index in [2.05, 4.69) is 11.0 Å². The Bertz CT molecular complexity index is 507. The zero-order chi connectivity index (χ0) is 13.2. The number of nitrogens with two attached hydrogens (primary N) is 1. The third-order valence-electron chi connectivity index (χ3n) is 4.18. The van der Waals surface area contributed by atoms with Gasteiger partial charge in [0.25, 0.3) is 0 Å². The van der Waals surface area contributed by atoms with Crippen LogP contribution in [0.5, 0.6) is 0 Å². The van der Waals surface area contributed by atoms with E-state index >= 15 is 0 Å². The van der Waals surface area contributed by atoms with Gasteiger partial charge >= 0.3 is 0 Å². The van der Waals surface area contributed by atoms with Crippen molar-refractivity contribution < 1.29 is 4.74 Å². The summed E-state index contributed by atoms with van der Waals surface area (Å²) >= 11 is 0. The van der Waals surface area contributed by atoms with Gasteiger partial charge in [0.1, 0.15) is 6.07 Å². The van der Waals surface area contributed by atoms with Gasteiger partial charge in [-0.2, -0.15) is 5.26 Å². The molecule has 2 N–H and O–H groups in total. The topological polar surface area (TPSA) is 62.3 Å². The third-order valence-corrected chi connectivity index (χ3v) is 4.18. The molecule has 2 unspecified atom stereocenters. The van der Waals surface area contributed by atoms with E-state index in [0.29, 0.717) is 23.4 Å². The van der Waals surface area contributed by atoms with Gasteiger partial charge in [-0.1, -0.05) is 12.8 Å². The maximum Gasteiger partial charge on any atom is 0.101 e. The average Bonchev–Trinajstić information content (AvgIpc) is 2.46. The van der Waals surface area contributed by atoms with E-state index in [9.17, 15) is 5.26 Å². The smallest absolute Gasteiger partial charge is 0.101 e. The highest BCUT2D eigenvalue weighted by Gasteiger charge is 2.35. The Balaban J connectivity index is 1.94. The second-order valence-electron chi connectivity index (χ2n) is 5.34. The molecule has 1 aliphatic carbocycles. The Kier molecular flexibility index (Phi) is 3.31. The molecule has 1 aliphatic heterocycles. The van der Waals surface area contributed by atoms with E-state index in [1.165, 1.54) is 12.8 Å². The number of hydrogen-bond acceptors (Lipinski definition) is 4. The standard InChI is InChI=1S/C15H19N3O/c16-10-11-9-12(17)5-6-13(11)18-7-8-19-15-4-2-1-3-14(15)18/h5-6,9,14-15H,1-4,7-8,17H2. The van der Waals surface area contributed by atoms with Crippen LogP contribution in [0.1, 0.15) is 31.2 Å². The van der Waals surface area contributed by atoms with Crippen LogP contribution in [-0.2, 0) is 4.74 Å². The molecule has 0 aromatic heterocycles. The van der Waals surface area contributed by atoms with Crippen LogP contribution >= 0.6 is 0 Å². The molecule has 4 nitrogen and oxygen atoms in total. The molecule has 0 spiro atoms. The molecule has 4 heteroatoms. The lowest BCUT2D eigenvalue weighted by Crippen LogP contribution is -2.53. The van der Waals surface area contributed by atoms with Gasteiger partial charge in [0.15, 0.2) is 0 Å². The van der Waals surface area contributed by atoms with Crippen LogP contribution in [0.3, 0.4) is 0 Å². The predicted molar refractivity (Wildman–Crippen MR) is 74.9 cm³/mol. The van der Waals surface area contributed by atoms with Crippen molar-refractivity contribution in [2.75, 3.05) is 23.8 Å². The van der Waals surface area contributed by atoms with Crippen molar-refractivity contribution in [1.29, 1.82) is 5.26 Å². The Hall–Kier alpha value is -1.73. The van der Waals surface area contributed by atoms with Crippen LogP contribution in [0.25, 0.3) is 0 Å². The number of benzene rings is 1. The fourth-order valence-electron chi connectivity index (χ4n) is 3.29. The molecular weight excluding hydrogens is 238 g/mol. The van der Waals surface area contributed by atoms with E-state index in [4.69, 9.17) is 10.5 Å². The summed E-state index contributed by atoms with van der Waals surface area (Å²) in [6.45, 7) is 1.61. The zero-order valence-electron chi connectivity index (χ0n) is 11.0. The van der Waals surface area contributed by atoms with Gasteiger partial charge in [0, 0.05) is 12.2 Å². The summed E-state index contributed by atoms with van der Waals surface area (Å²) in [6, 6.07) is 8.30. The average molecular weight is 257 g/mol. The second-order valence-corrected chi connectivity index (χ2v) is 5.34. The van der Waals surface area contributed by atoms with E-state index in [-0.39, 0.29) is 0 Å². The molecule has 2 fully saturated rings. The van der Waals surface area contributed by atoms with Crippen LogP contribution < -0.4 is 10.6 Å². The molecule has 1 aromatic rings. The molecular formula is C15H19N3O. The number of anilines is 2. The van der Waals surface area contributed by atoms with E-state index in [1.54, 1.807) is 6.07 Å². The fourth-order valence-corrected chi connectivity index (χ4v) is 3.29. The quantitative estimate of drug-likeness (QED) is 0.784. The molecule has 1 heterocycles. The molecule has 1 aromatic carbocycles. The van der Waals surface area contributed by atoms with Crippen molar-refractivity contribution >= 4 is 11.4 Å². The van der Waals surface area contributed by atoms with E-state index in [1.807, 2.05) is 12.1 Å². The number of morpholine rings is 1.